The summed E-state index contributed by atoms with van der Waals surface area (Å²) in [7, 11) is 2.52. The van der Waals surface area contributed by atoms with Crippen molar-refractivity contribution < 1.29 is 19.2 Å². The van der Waals surface area contributed by atoms with Crippen LogP contribution in [0.1, 0.15) is 5.56 Å². The summed E-state index contributed by atoms with van der Waals surface area (Å²) in [4.78, 5) is 21.3. The lowest BCUT2D eigenvalue weighted by Gasteiger charge is -2.09. The fraction of sp³-hybridized carbons (Fsp3) is 0.300. The highest BCUT2D eigenvalue weighted by Crippen LogP contribution is 2.36. The number of nitro benzene ring substituents is 1. The number of carbonyl (C=O) groups excluding carboxylic acids is 1. The van der Waals surface area contributed by atoms with Crippen molar-refractivity contribution in [2.75, 3.05) is 20.0 Å². The van der Waals surface area contributed by atoms with Crippen molar-refractivity contribution in [3.8, 4) is 5.75 Å². The van der Waals surface area contributed by atoms with E-state index >= 15 is 0 Å². The Morgan fingerprint density at radius 3 is 2.59 bits per heavy atom. The van der Waals surface area contributed by atoms with Crippen LogP contribution in [0.5, 0.6) is 5.75 Å². The summed E-state index contributed by atoms with van der Waals surface area (Å²) in [5.41, 5.74) is 5.50. The molecule has 0 bridgehead atoms. The summed E-state index contributed by atoms with van der Waals surface area (Å²) in [5, 5.41) is 10.8. The fourth-order valence-corrected chi connectivity index (χ4v) is 1.41. The molecule has 7 heteroatoms. The maximum Gasteiger partial charge on any atom is 0.333 e. The molecule has 2 N–H and O–H groups in total. The molecule has 0 saturated carbocycles. The number of anilines is 1. The second-order valence-corrected chi connectivity index (χ2v) is 3.21. The maximum atomic E-state index is 11.1. The number of nitrogen functional groups attached to an aromatic ring is 1. The summed E-state index contributed by atoms with van der Waals surface area (Å²) in [6.45, 7) is 0. The molecule has 1 aromatic carbocycles. The van der Waals surface area contributed by atoms with Gasteiger partial charge in [-0.1, -0.05) is 6.07 Å². The summed E-state index contributed by atoms with van der Waals surface area (Å²) >= 11 is 0. The number of esters is 1. The van der Waals surface area contributed by atoms with Crippen molar-refractivity contribution in [2.24, 2.45) is 0 Å². The minimum absolute atomic E-state index is 0.0135. The second-order valence-electron chi connectivity index (χ2n) is 3.21. The molecule has 92 valence electrons. The molecule has 0 atom stereocenters. The molecular formula is C10H12N2O5. The Labute approximate surface area is 97.3 Å². The predicted octanol–water partition coefficient (Wildman–Crippen LogP) is 0.901. The number of ether oxygens (including phenoxy) is 2. The largest absolute Gasteiger partial charge is 0.490 e. The van der Waals surface area contributed by atoms with Crippen molar-refractivity contribution >= 4 is 17.3 Å². The number of nitrogens with zero attached hydrogens (tertiary/aromatic N) is 1. The van der Waals surface area contributed by atoms with Crippen LogP contribution in [0, 0.1) is 10.1 Å². The highest BCUT2D eigenvalue weighted by Gasteiger charge is 2.23. The number of hydrogen-bond acceptors (Lipinski definition) is 6. The van der Waals surface area contributed by atoms with E-state index in [-0.39, 0.29) is 23.5 Å². The molecular weight excluding hydrogens is 228 g/mol. The zero-order chi connectivity index (χ0) is 13.0. The smallest absolute Gasteiger partial charge is 0.333 e. The summed E-state index contributed by atoms with van der Waals surface area (Å²) in [6.07, 6.45) is -0.110. The number of rotatable bonds is 4. The van der Waals surface area contributed by atoms with Gasteiger partial charge in [0, 0.05) is 5.56 Å². The minimum Gasteiger partial charge on any atom is -0.490 e. The van der Waals surface area contributed by atoms with E-state index in [4.69, 9.17) is 10.5 Å². The molecule has 0 unspecified atom stereocenters. The number of hydrogen-bond donors (Lipinski definition) is 1. The van der Waals surface area contributed by atoms with Gasteiger partial charge < -0.3 is 15.2 Å². The van der Waals surface area contributed by atoms with E-state index in [2.05, 4.69) is 4.74 Å². The lowest BCUT2D eigenvalue weighted by Crippen LogP contribution is -2.08. The highest BCUT2D eigenvalue weighted by molar-refractivity contribution is 5.77. The molecule has 0 amide bonds. The number of methoxy groups -OCH3 is 2. The Hall–Kier alpha value is -2.31. The Balaban J connectivity index is 3.28. The number of nitro groups is 1. The first kappa shape index (κ1) is 12.8. The molecule has 0 spiro atoms. The molecule has 17 heavy (non-hydrogen) atoms. The Kier molecular flexibility index (Phi) is 3.86. The normalized spacial score (nSPS) is 9.76. The standard InChI is InChI=1S/C10H12N2O5/c1-16-8(13)5-6-3-4-7(11)9(12(14)15)10(6)17-2/h3-4H,5,11H2,1-2H3. The van der Waals surface area contributed by atoms with Crippen LogP contribution in [0.25, 0.3) is 0 Å². The van der Waals surface area contributed by atoms with Gasteiger partial charge in [-0.15, -0.1) is 0 Å². The second kappa shape index (κ2) is 5.15. The number of nitrogens with two attached hydrogens (primary N) is 1. The van der Waals surface area contributed by atoms with E-state index in [0.29, 0.717) is 5.56 Å². The van der Waals surface area contributed by atoms with Crippen molar-refractivity contribution in [2.45, 2.75) is 6.42 Å². The zero-order valence-electron chi connectivity index (χ0n) is 9.43. The molecule has 1 rings (SSSR count). The molecule has 0 radical (unpaired) electrons. The Morgan fingerprint density at radius 1 is 1.47 bits per heavy atom. The van der Waals surface area contributed by atoms with E-state index in [1.165, 1.54) is 26.4 Å². The Bertz CT molecular complexity index is 458. The van der Waals surface area contributed by atoms with Gasteiger partial charge in [-0.2, -0.15) is 0 Å². The molecule has 0 fully saturated rings. The third kappa shape index (κ3) is 2.63. The van der Waals surface area contributed by atoms with E-state index < -0.39 is 10.9 Å². The fourth-order valence-electron chi connectivity index (χ4n) is 1.41. The van der Waals surface area contributed by atoms with Gasteiger partial charge in [0.2, 0.25) is 5.75 Å². The van der Waals surface area contributed by atoms with Crippen LogP contribution in [-0.4, -0.2) is 25.1 Å². The van der Waals surface area contributed by atoms with E-state index in [1.807, 2.05) is 0 Å². The van der Waals surface area contributed by atoms with E-state index in [9.17, 15) is 14.9 Å². The van der Waals surface area contributed by atoms with Crippen LogP contribution in [0.3, 0.4) is 0 Å². The maximum absolute atomic E-state index is 11.1. The van der Waals surface area contributed by atoms with Crippen molar-refractivity contribution in [3.05, 3.63) is 27.8 Å². The molecule has 0 heterocycles. The molecule has 0 aliphatic rings. The zero-order valence-corrected chi connectivity index (χ0v) is 9.43. The van der Waals surface area contributed by atoms with Gasteiger partial charge in [0.1, 0.15) is 5.69 Å². The average Bonchev–Trinajstić information content (AvgIpc) is 2.30. The van der Waals surface area contributed by atoms with Crippen LogP contribution < -0.4 is 10.5 Å². The van der Waals surface area contributed by atoms with Crippen LogP contribution in [0.2, 0.25) is 0 Å². The molecule has 1 aromatic rings. The van der Waals surface area contributed by atoms with Gasteiger partial charge in [-0.25, -0.2) is 0 Å². The van der Waals surface area contributed by atoms with Gasteiger partial charge in [0.05, 0.1) is 25.6 Å². The SMILES string of the molecule is COC(=O)Cc1ccc(N)c([N+](=O)[O-])c1OC. The van der Waals surface area contributed by atoms with E-state index in [1.54, 1.807) is 0 Å². The summed E-state index contributed by atoms with van der Waals surface area (Å²) in [6, 6.07) is 2.86. The molecule has 0 saturated heterocycles. The van der Waals surface area contributed by atoms with Gasteiger partial charge in [0.25, 0.3) is 0 Å². The quantitative estimate of drug-likeness (QED) is 0.363. The van der Waals surface area contributed by atoms with Crippen molar-refractivity contribution in [1.29, 1.82) is 0 Å². The predicted molar refractivity (Wildman–Crippen MR) is 59.8 cm³/mol. The molecule has 0 aliphatic heterocycles. The first-order valence-electron chi connectivity index (χ1n) is 4.67. The monoisotopic (exact) mass is 240 g/mol. The average molecular weight is 240 g/mol. The third-order valence-electron chi connectivity index (χ3n) is 2.19. The van der Waals surface area contributed by atoms with Gasteiger partial charge in [-0.3, -0.25) is 14.9 Å². The van der Waals surface area contributed by atoms with Crippen LogP contribution in [0.15, 0.2) is 12.1 Å². The molecule has 7 nitrogen and oxygen atoms in total. The Morgan fingerprint density at radius 2 is 2.12 bits per heavy atom. The number of benzene rings is 1. The van der Waals surface area contributed by atoms with Crippen molar-refractivity contribution in [3.63, 3.8) is 0 Å². The summed E-state index contributed by atoms with van der Waals surface area (Å²) < 4.78 is 9.42. The first-order chi connectivity index (χ1) is 8.01. The van der Waals surface area contributed by atoms with Crippen LogP contribution in [0.4, 0.5) is 11.4 Å². The minimum atomic E-state index is -0.644. The topological polar surface area (TPSA) is 105 Å². The molecule has 0 aliphatic carbocycles. The van der Waals surface area contributed by atoms with Gasteiger partial charge in [0.15, 0.2) is 0 Å². The van der Waals surface area contributed by atoms with E-state index in [0.717, 1.165) is 0 Å². The number of carbonyl (C=O) groups is 1. The third-order valence-corrected chi connectivity index (χ3v) is 2.19. The highest BCUT2D eigenvalue weighted by atomic mass is 16.6. The van der Waals surface area contributed by atoms with Crippen molar-refractivity contribution in [1.82, 2.24) is 0 Å². The lowest BCUT2D eigenvalue weighted by atomic mass is 10.1. The van der Waals surface area contributed by atoms with Crippen LogP contribution in [-0.2, 0) is 16.0 Å². The van der Waals surface area contributed by atoms with Crippen LogP contribution >= 0.6 is 0 Å². The molecule has 0 aromatic heterocycles. The van der Waals surface area contributed by atoms with Gasteiger partial charge >= 0.3 is 11.7 Å². The first-order valence-corrected chi connectivity index (χ1v) is 4.67. The summed E-state index contributed by atoms with van der Waals surface area (Å²) in [5.74, 6) is -0.525. The lowest BCUT2D eigenvalue weighted by molar-refractivity contribution is -0.384. The van der Waals surface area contributed by atoms with Gasteiger partial charge in [-0.05, 0) is 6.07 Å².